The Morgan fingerprint density at radius 2 is 1.98 bits per heavy atom. The van der Waals surface area contributed by atoms with Crippen molar-refractivity contribution in [2.75, 3.05) is 25.7 Å². The van der Waals surface area contributed by atoms with Crippen LogP contribution >= 0.6 is 23.1 Å². The lowest BCUT2D eigenvalue weighted by Gasteiger charge is -2.51. The summed E-state index contributed by atoms with van der Waals surface area (Å²) in [6, 6.07) is 9.30. The van der Waals surface area contributed by atoms with Gasteiger partial charge in [-0.1, -0.05) is 27.8 Å². The zero-order chi connectivity index (χ0) is 33.9. The molecule has 48 heavy (non-hydrogen) atoms. The van der Waals surface area contributed by atoms with Crippen LogP contribution in [0.25, 0.3) is 5.65 Å². The minimum atomic E-state index is -1.46. The normalized spacial score (nSPS) is 19.3. The molecule has 0 aliphatic carbocycles. The molecule has 1 aromatic carbocycles. The predicted molar refractivity (Wildman–Crippen MR) is 174 cm³/mol. The van der Waals surface area contributed by atoms with E-state index < -0.39 is 40.4 Å². The van der Waals surface area contributed by atoms with Gasteiger partial charge in [0, 0.05) is 17.0 Å². The number of hydrogen-bond donors (Lipinski definition) is 3. The highest BCUT2D eigenvalue weighted by Gasteiger charge is 2.57. The summed E-state index contributed by atoms with van der Waals surface area (Å²) in [4.78, 5) is 50.0. The fourth-order valence-electron chi connectivity index (χ4n) is 5.22. The van der Waals surface area contributed by atoms with Crippen LogP contribution in [0.3, 0.4) is 0 Å². The zero-order valence-electron chi connectivity index (χ0n) is 25.5. The number of hydrogen-bond acceptors (Lipinski definition) is 13. The number of carbonyl (C=O) groups is 3. The third-order valence-corrected chi connectivity index (χ3v) is 9.70. The molecule has 2 amide bonds. The average molecular weight is 695 g/mol. The van der Waals surface area contributed by atoms with Gasteiger partial charge in [0.1, 0.15) is 43.1 Å². The van der Waals surface area contributed by atoms with Crippen molar-refractivity contribution in [3.8, 4) is 5.75 Å². The minimum absolute atomic E-state index is 0.0431. The summed E-state index contributed by atoms with van der Waals surface area (Å²) in [5, 5.41) is 10.2. The number of rotatable bonds is 11. The third-order valence-electron chi connectivity index (χ3n) is 7.48. The molecular formula is C30H29FN9O6S2+. The molecule has 0 spiro atoms. The molecule has 2 aliphatic heterocycles. The summed E-state index contributed by atoms with van der Waals surface area (Å²) in [5.74, 6) is -3.03. The van der Waals surface area contributed by atoms with Crippen LogP contribution in [0.1, 0.15) is 16.5 Å². The van der Waals surface area contributed by atoms with Gasteiger partial charge in [-0.2, -0.15) is 4.39 Å². The highest BCUT2D eigenvalue weighted by atomic mass is 32.2. The number of anilines is 2. The lowest BCUT2D eigenvalue weighted by molar-refractivity contribution is -0.664. The van der Waals surface area contributed by atoms with Crippen molar-refractivity contribution in [3.05, 3.63) is 88.9 Å². The van der Waals surface area contributed by atoms with Gasteiger partial charge in [-0.05, 0) is 28.9 Å². The van der Waals surface area contributed by atoms with Gasteiger partial charge >= 0.3 is 23.5 Å². The van der Waals surface area contributed by atoms with Gasteiger partial charge in [-0.3, -0.25) is 14.5 Å². The van der Waals surface area contributed by atoms with Gasteiger partial charge in [0.15, 0.2) is 5.13 Å². The van der Waals surface area contributed by atoms with E-state index in [0.717, 1.165) is 12.8 Å². The number of thiazole rings is 1. The summed E-state index contributed by atoms with van der Waals surface area (Å²) in [5.41, 5.74) is 14.4. The summed E-state index contributed by atoms with van der Waals surface area (Å²) >= 11 is 2.45. The molecule has 5 N–H and O–H groups in total. The molecule has 5 heterocycles. The Balaban J connectivity index is 1.38. The summed E-state index contributed by atoms with van der Waals surface area (Å²) in [6.45, 7) is 0.245. The molecule has 1 unspecified atom stereocenters. The molecule has 0 saturated carbocycles. The lowest BCUT2D eigenvalue weighted by Crippen LogP contribution is -2.71. The average Bonchev–Trinajstić information content (AvgIpc) is 3.77. The maximum absolute atomic E-state index is 14.1. The fraction of sp³-hybridized carbons (Fsp3) is 0.233. The van der Waals surface area contributed by atoms with Crippen LogP contribution in [0.4, 0.5) is 15.3 Å². The quantitative estimate of drug-likeness (QED) is 0.0683. The highest BCUT2D eigenvalue weighted by Crippen LogP contribution is 2.52. The minimum Gasteiger partial charge on any atom is -0.497 e. The second-order valence-corrected chi connectivity index (χ2v) is 12.5. The number of fused-ring (bicyclic) bond motifs is 2. The number of nitrogens with zero attached hydrogens (tertiary/aromatic N) is 6. The molecule has 18 heteroatoms. The number of halogens is 1. The van der Waals surface area contributed by atoms with Crippen LogP contribution in [0, 0.1) is 0 Å². The molecule has 3 atom stereocenters. The Hall–Kier alpha value is -5.49. The molecule has 0 radical (unpaired) electrons. The van der Waals surface area contributed by atoms with Gasteiger partial charge in [0.05, 0.1) is 36.5 Å². The number of esters is 1. The van der Waals surface area contributed by atoms with E-state index in [1.165, 1.54) is 28.0 Å². The first-order valence-corrected chi connectivity index (χ1v) is 16.1. The fourth-order valence-corrected chi connectivity index (χ4v) is 7.44. The number of nitrogens with one attached hydrogen (secondary N) is 1. The number of benzene rings is 1. The Kier molecular flexibility index (Phi) is 9.26. The Bertz CT molecular complexity index is 1980. The van der Waals surface area contributed by atoms with Crippen LogP contribution in [-0.2, 0) is 37.1 Å². The van der Waals surface area contributed by atoms with Crippen molar-refractivity contribution in [2.45, 2.75) is 29.8 Å². The SMILES string of the molecule is CON=C(F)C(=O)N[C@@H]1C(=O)N2C(C(=O)OCc3ccc(OC)cc3)=C(C=CC[n+]3ccc(N)n4nccc43)C(c3csc(N)n3)S[C@@H]12. The first kappa shape index (κ1) is 32.5. The summed E-state index contributed by atoms with van der Waals surface area (Å²) in [6.07, 6.45) is 6.98. The van der Waals surface area contributed by atoms with Crippen molar-refractivity contribution in [1.82, 2.24) is 24.8 Å². The van der Waals surface area contributed by atoms with Crippen LogP contribution in [-0.4, -0.2) is 68.9 Å². The number of amides is 2. The number of nitrogen functional groups attached to an aromatic ring is 2. The van der Waals surface area contributed by atoms with Crippen molar-refractivity contribution in [2.24, 2.45) is 5.16 Å². The van der Waals surface area contributed by atoms with E-state index in [1.807, 2.05) is 10.6 Å². The number of methoxy groups -OCH3 is 1. The van der Waals surface area contributed by atoms with E-state index in [0.29, 0.717) is 40.1 Å². The Labute approximate surface area is 280 Å². The third kappa shape index (κ3) is 6.26. The monoisotopic (exact) mass is 694 g/mol. The van der Waals surface area contributed by atoms with Crippen LogP contribution < -0.4 is 26.1 Å². The van der Waals surface area contributed by atoms with Gasteiger partial charge in [0.25, 0.3) is 5.91 Å². The molecule has 0 bridgehead atoms. The van der Waals surface area contributed by atoms with E-state index >= 15 is 0 Å². The number of nitrogens with two attached hydrogens (primary N) is 2. The lowest BCUT2D eigenvalue weighted by atomic mass is 9.99. The smallest absolute Gasteiger partial charge is 0.355 e. The predicted octanol–water partition coefficient (Wildman–Crippen LogP) is 1.88. The maximum Gasteiger partial charge on any atom is 0.355 e. The van der Waals surface area contributed by atoms with E-state index in [-0.39, 0.29) is 12.3 Å². The van der Waals surface area contributed by atoms with E-state index in [2.05, 4.69) is 25.4 Å². The number of ether oxygens (including phenoxy) is 2. The molecule has 3 aromatic heterocycles. The van der Waals surface area contributed by atoms with Gasteiger partial charge in [-0.15, -0.1) is 23.1 Å². The molecular weight excluding hydrogens is 666 g/mol. The molecule has 2 aliphatic rings. The first-order chi connectivity index (χ1) is 23.2. The highest BCUT2D eigenvalue weighted by molar-refractivity contribution is 8.00. The van der Waals surface area contributed by atoms with Crippen LogP contribution in [0.2, 0.25) is 0 Å². The number of aromatic nitrogens is 4. The van der Waals surface area contributed by atoms with Gasteiger partial charge in [0.2, 0.25) is 5.82 Å². The first-order valence-electron chi connectivity index (χ1n) is 14.3. The van der Waals surface area contributed by atoms with E-state index in [9.17, 15) is 18.8 Å². The van der Waals surface area contributed by atoms with E-state index in [4.69, 9.17) is 20.9 Å². The second kappa shape index (κ2) is 13.7. The molecule has 6 rings (SSSR count). The van der Waals surface area contributed by atoms with Gasteiger partial charge < -0.3 is 31.1 Å². The zero-order valence-corrected chi connectivity index (χ0v) is 27.1. The van der Waals surface area contributed by atoms with Crippen molar-refractivity contribution >= 4 is 63.4 Å². The van der Waals surface area contributed by atoms with Crippen LogP contribution in [0.5, 0.6) is 5.75 Å². The number of β-lactam (4-membered cyclic amide) rings is 1. The summed E-state index contributed by atoms with van der Waals surface area (Å²) < 4.78 is 28.5. The number of thioether (sulfide) groups is 1. The van der Waals surface area contributed by atoms with Crippen molar-refractivity contribution < 1.29 is 37.7 Å². The Morgan fingerprint density at radius 3 is 2.69 bits per heavy atom. The van der Waals surface area contributed by atoms with Crippen molar-refractivity contribution in [1.29, 1.82) is 0 Å². The second-order valence-electron chi connectivity index (χ2n) is 10.4. The molecule has 15 nitrogen and oxygen atoms in total. The standard InChI is InChI=1S/C30H28FN9O6S2/c1-44-17-7-5-16(6-8-17)14-46-29(43)23-18(4-3-12-38-13-10-20(32)40-21(38)9-11-34-40)24(19-15-47-30(33)35-19)48-28-22(27(42)39(23)28)36-26(41)25(31)37-45-2/h3-11,13,15,22,24,28,32H,12,14H2,1-2H3,(H3,33,35,36,41)/p+1/t22-,24?,28+/m1/s1. The topological polar surface area (TPSA) is 193 Å². The summed E-state index contributed by atoms with van der Waals surface area (Å²) in [7, 11) is 2.63. The number of allylic oxidation sites excluding steroid dienone is 2. The van der Waals surface area contributed by atoms with Gasteiger partial charge in [-0.25, -0.2) is 14.3 Å². The van der Waals surface area contributed by atoms with E-state index in [1.54, 1.807) is 71.9 Å². The Morgan fingerprint density at radius 1 is 1.19 bits per heavy atom. The molecule has 1 fully saturated rings. The number of oxime groups is 1. The molecule has 1 saturated heterocycles. The molecule has 4 aromatic rings. The largest absolute Gasteiger partial charge is 0.497 e. The molecule has 248 valence electrons. The van der Waals surface area contributed by atoms with Crippen molar-refractivity contribution in [3.63, 3.8) is 0 Å². The maximum atomic E-state index is 14.1. The number of carbonyl (C=O) groups excluding carboxylic acids is 3. The van der Waals surface area contributed by atoms with Crippen LogP contribution in [0.15, 0.2) is 82.7 Å².